The maximum Gasteiger partial charge on any atom is 0.306 e. The minimum absolute atomic E-state index is 0.155. The van der Waals surface area contributed by atoms with Crippen LogP contribution in [0.25, 0.3) is 0 Å². The fraction of sp³-hybridized carbons (Fsp3) is 0.700. The van der Waals surface area contributed by atoms with E-state index < -0.39 is 5.79 Å². The van der Waals surface area contributed by atoms with Crippen molar-refractivity contribution in [2.45, 2.75) is 39.4 Å². The van der Waals surface area contributed by atoms with Crippen LogP contribution in [0.3, 0.4) is 0 Å². The van der Waals surface area contributed by atoms with Crippen molar-refractivity contribution in [3.8, 4) is 0 Å². The molecule has 0 bridgehead atoms. The molecule has 0 unspecified atom stereocenters. The van der Waals surface area contributed by atoms with Crippen molar-refractivity contribution in [2.75, 3.05) is 6.61 Å². The number of carbonyl (C=O) groups excluding carboxylic acids is 1. The molecule has 0 radical (unpaired) electrons. The Bertz CT molecular complexity index is 243. The maximum atomic E-state index is 11.0. The summed E-state index contributed by atoms with van der Waals surface area (Å²) >= 11 is 0. The Balaban J connectivity index is 2.24. The van der Waals surface area contributed by atoms with E-state index in [0.717, 1.165) is 6.42 Å². The number of rotatable bonds is 4. The lowest BCUT2D eigenvalue weighted by molar-refractivity contribution is -0.147. The van der Waals surface area contributed by atoms with Gasteiger partial charge in [0.2, 0.25) is 5.79 Å². The molecule has 4 heteroatoms. The highest BCUT2D eigenvalue weighted by molar-refractivity contribution is 5.69. The minimum atomic E-state index is -0.632. The average molecular weight is 200 g/mol. The molecular weight excluding hydrogens is 184 g/mol. The van der Waals surface area contributed by atoms with E-state index in [-0.39, 0.29) is 12.6 Å². The Hall–Kier alpha value is -1.19. The standard InChI is InChI=1S/C10H16O4/c1-4-5-9(11)12-6-8-7-13-10(2,3)14-8/h7H,4-6H2,1-3H3. The van der Waals surface area contributed by atoms with Crippen LogP contribution < -0.4 is 0 Å². The number of carbonyl (C=O) groups is 1. The normalized spacial score (nSPS) is 18.1. The van der Waals surface area contributed by atoms with Gasteiger partial charge in [0.05, 0.1) is 0 Å². The second kappa shape index (κ2) is 4.35. The van der Waals surface area contributed by atoms with Crippen molar-refractivity contribution in [1.29, 1.82) is 0 Å². The molecule has 0 aliphatic carbocycles. The predicted octanol–water partition coefficient (Wildman–Crippen LogP) is 1.95. The van der Waals surface area contributed by atoms with E-state index in [2.05, 4.69) is 0 Å². The molecule has 1 aliphatic rings. The first-order valence-electron chi connectivity index (χ1n) is 4.75. The van der Waals surface area contributed by atoms with E-state index in [0.29, 0.717) is 12.2 Å². The van der Waals surface area contributed by atoms with Gasteiger partial charge in [-0.2, -0.15) is 0 Å². The van der Waals surface area contributed by atoms with E-state index in [1.54, 1.807) is 13.8 Å². The van der Waals surface area contributed by atoms with Crippen molar-refractivity contribution >= 4 is 5.97 Å². The molecule has 80 valence electrons. The van der Waals surface area contributed by atoms with E-state index >= 15 is 0 Å². The third-order valence-corrected chi connectivity index (χ3v) is 1.68. The largest absolute Gasteiger partial charge is 0.457 e. The molecule has 0 aromatic heterocycles. The zero-order valence-electron chi connectivity index (χ0n) is 8.83. The number of esters is 1. The molecule has 14 heavy (non-hydrogen) atoms. The molecule has 1 rings (SSSR count). The molecule has 4 nitrogen and oxygen atoms in total. The summed E-state index contributed by atoms with van der Waals surface area (Å²) in [6.45, 7) is 5.68. The van der Waals surface area contributed by atoms with Gasteiger partial charge in [-0.15, -0.1) is 0 Å². The lowest BCUT2D eigenvalue weighted by Gasteiger charge is -2.18. The van der Waals surface area contributed by atoms with Gasteiger partial charge in [0.15, 0.2) is 12.4 Å². The first kappa shape index (κ1) is 10.9. The molecular formula is C10H16O4. The van der Waals surface area contributed by atoms with Crippen LogP contribution in [0.1, 0.15) is 33.6 Å². The SMILES string of the molecule is CCCC(=O)OCC1=COC(C)(C)O1. The van der Waals surface area contributed by atoms with Gasteiger partial charge in [-0.3, -0.25) is 4.79 Å². The summed E-state index contributed by atoms with van der Waals surface area (Å²) in [4.78, 5) is 11.0. The molecule has 0 aromatic carbocycles. The molecule has 0 amide bonds. The Kier molecular flexibility index (Phi) is 3.38. The first-order chi connectivity index (χ1) is 6.53. The monoisotopic (exact) mass is 200 g/mol. The summed E-state index contributed by atoms with van der Waals surface area (Å²) in [5.41, 5.74) is 0. The number of ether oxygens (including phenoxy) is 3. The molecule has 0 saturated carbocycles. The van der Waals surface area contributed by atoms with Gasteiger partial charge in [-0.05, 0) is 6.42 Å². The van der Waals surface area contributed by atoms with Gasteiger partial charge >= 0.3 is 5.97 Å². The van der Waals surface area contributed by atoms with Gasteiger partial charge in [-0.1, -0.05) is 6.92 Å². The van der Waals surface area contributed by atoms with Gasteiger partial charge in [-0.25, -0.2) is 0 Å². The second-order valence-electron chi connectivity index (χ2n) is 3.61. The predicted molar refractivity (Wildman–Crippen MR) is 50.2 cm³/mol. The molecule has 0 aromatic rings. The lowest BCUT2D eigenvalue weighted by Crippen LogP contribution is -2.21. The first-order valence-corrected chi connectivity index (χ1v) is 4.75. The Morgan fingerprint density at radius 3 is 2.79 bits per heavy atom. The summed E-state index contributed by atoms with van der Waals surface area (Å²) in [5, 5.41) is 0. The van der Waals surface area contributed by atoms with E-state index in [1.807, 2.05) is 6.92 Å². The Morgan fingerprint density at radius 2 is 2.29 bits per heavy atom. The zero-order valence-corrected chi connectivity index (χ0v) is 8.83. The van der Waals surface area contributed by atoms with Crippen LogP contribution in [0.4, 0.5) is 0 Å². The third-order valence-electron chi connectivity index (χ3n) is 1.68. The molecule has 0 N–H and O–H groups in total. The molecule has 0 saturated heterocycles. The van der Waals surface area contributed by atoms with Crippen molar-refractivity contribution < 1.29 is 19.0 Å². The highest BCUT2D eigenvalue weighted by Gasteiger charge is 2.27. The van der Waals surface area contributed by atoms with Crippen LogP contribution in [0.15, 0.2) is 12.0 Å². The zero-order chi connectivity index (χ0) is 10.6. The molecule has 0 fully saturated rings. The fourth-order valence-electron chi connectivity index (χ4n) is 1.06. The van der Waals surface area contributed by atoms with Crippen molar-refractivity contribution in [2.24, 2.45) is 0 Å². The van der Waals surface area contributed by atoms with Crippen LogP contribution in [-0.2, 0) is 19.0 Å². The van der Waals surface area contributed by atoms with Gasteiger partial charge in [0.1, 0.15) is 6.26 Å². The Labute approximate surface area is 83.8 Å². The highest BCUT2D eigenvalue weighted by Crippen LogP contribution is 2.24. The maximum absolute atomic E-state index is 11.0. The van der Waals surface area contributed by atoms with Crippen LogP contribution >= 0.6 is 0 Å². The van der Waals surface area contributed by atoms with Gasteiger partial charge in [0.25, 0.3) is 0 Å². The summed E-state index contributed by atoms with van der Waals surface area (Å²) in [7, 11) is 0. The van der Waals surface area contributed by atoms with Gasteiger partial charge in [0, 0.05) is 20.3 Å². The summed E-state index contributed by atoms with van der Waals surface area (Å²) in [6, 6.07) is 0. The third kappa shape index (κ3) is 3.28. The Morgan fingerprint density at radius 1 is 1.57 bits per heavy atom. The van der Waals surface area contributed by atoms with E-state index in [9.17, 15) is 4.79 Å². The quantitative estimate of drug-likeness (QED) is 0.651. The van der Waals surface area contributed by atoms with Crippen LogP contribution in [-0.4, -0.2) is 18.4 Å². The fourth-order valence-corrected chi connectivity index (χ4v) is 1.06. The highest BCUT2D eigenvalue weighted by atomic mass is 16.7. The van der Waals surface area contributed by atoms with Crippen LogP contribution in [0.2, 0.25) is 0 Å². The lowest BCUT2D eigenvalue weighted by atomic mass is 10.3. The molecule has 1 aliphatic heterocycles. The molecule has 1 heterocycles. The van der Waals surface area contributed by atoms with Gasteiger partial charge < -0.3 is 14.2 Å². The topological polar surface area (TPSA) is 44.8 Å². The van der Waals surface area contributed by atoms with E-state index in [1.165, 1.54) is 6.26 Å². The van der Waals surface area contributed by atoms with Crippen molar-refractivity contribution in [1.82, 2.24) is 0 Å². The van der Waals surface area contributed by atoms with Crippen molar-refractivity contribution in [3.05, 3.63) is 12.0 Å². The minimum Gasteiger partial charge on any atom is -0.457 e. The van der Waals surface area contributed by atoms with Crippen LogP contribution in [0.5, 0.6) is 0 Å². The summed E-state index contributed by atoms with van der Waals surface area (Å²) < 4.78 is 15.5. The van der Waals surface area contributed by atoms with Crippen LogP contribution in [0, 0.1) is 0 Å². The number of hydrogen-bond donors (Lipinski definition) is 0. The number of hydrogen-bond acceptors (Lipinski definition) is 4. The second-order valence-corrected chi connectivity index (χ2v) is 3.61. The molecule has 0 atom stereocenters. The average Bonchev–Trinajstić information content (AvgIpc) is 2.43. The smallest absolute Gasteiger partial charge is 0.306 e. The summed E-state index contributed by atoms with van der Waals surface area (Å²) in [6.07, 6.45) is 2.72. The van der Waals surface area contributed by atoms with E-state index in [4.69, 9.17) is 14.2 Å². The molecule has 0 spiro atoms. The summed E-state index contributed by atoms with van der Waals surface area (Å²) in [5.74, 6) is -0.284. The van der Waals surface area contributed by atoms with Crippen molar-refractivity contribution in [3.63, 3.8) is 0 Å².